The molecule has 2 amide bonds. The smallest absolute Gasteiger partial charge is 0.252 e. The lowest BCUT2D eigenvalue weighted by Crippen LogP contribution is -2.39. The molecule has 0 heterocycles. The van der Waals surface area contributed by atoms with Crippen molar-refractivity contribution in [3.63, 3.8) is 0 Å². The molecule has 194 valence electrons. The Hall–Kier alpha value is -3.26. The fourth-order valence-corrected chi connectivity index (χ4v) is 4.04. The van der Waals surface area contributed by atoms with Gasteiger partial charge in [0.05, 0.1) is 13.3 Å². The molecule has 0 aliphatic heterocycles. The predicted octanol–water partition coefficient (Wildman–Crippen LogP) is 6.60. The van der Waals surface area contributed by atoms with Crippen LogP contribution >= 0.6 is 34.8 Å². The van der Waals surface area contributed by atoms with Crippen molar-refractivity contribution in [2.45, 2.75) is 20.5 Å². The molecule has 3 rings (SSSR count). The van der Waals surface area contributed by atoms with Gasteiger partial charge in [0.25, 0.3) is 5.91 Å². The van der Waals surface area contributed by atoms with Crippen molar-refractivity contribution in [3.05, 3.63) is 86.9 Å². The summed E-state index contributed by atoms with van der Waals surface area (Å²) in [5, 5.41) is 8.27. The highest BCUT2D eigenvalue weighted by Crippen LogP contribution is 2.26. The number of anilines is 1. The monoisotopic (exact) mass is 561 g/mol. The van der Waals surface area contributed by atoms with Crippen molar-refractivity contribution in [2.24, 2.45) is 16.9 Å². The van der Waals surface area contributed by atoms with Crippen LogP contribution in [0.25, 0.3) is 0 Å². The number of nitrogens with zero attached hydrogens (tertiary/aromatic N) is 1. The van der Waals surface area contributed by atoms with Crippen LogP contribution in [0.5, 0.6) is 11.5 Å². The Morgan fingerprint density at radius 3 is 2.27 bits per heavy atom. The molecule has 37 heavy (non-hydrogen) atoms. The third-order valence-corrected chi connectivity index (χ3v) is 6.16. The highest BCUT2D eigenvalue weighted by Gasteiger charge is 2.30. The number of methoxy groups -OCH3 is 1. The molecular weight excluding hydrogens is 537 g/mol. The number of amides is 2. The Kier molecular flexibility index (Phi) is 10.2. The van der Waals surface area contributed by atoms with Gasteiger partial charge in [0.2, 0.25) is 5.91 Å². The third kappa shape index (κ3) is 8.12. The van der Waals surface area contributed by atoms with E-state index < -0.39 is 17.7 Å². The van der Waals surface area contributed by atoms with Crippen LogP contribution in [-0.4, -0.2) is 25.1 Å². The van der Waals surface area contributed by atoms with Gasteiger partial charge < -0.3 is 14.8 Å². The summed E-state index contributed by atoms with van der Waals surface area (Å²) < 4.78 is 11.0. The number of ether oxygens (including phenoxy) is 2. The first kappa shape index (κ1) is 28.3. The van der Waals surface area contributed by atoms with E-state index in [9.17, 15) is 9.59 Å². The maximum atomic E-state index is 12.8. The molecule has 1 atom stereocenters. The number of carbonyl (C=O) groups excluding carboxylic acids is 2. The zero-order valence-corrected chi connectivity index (χ0v) is 22.7. The third-order valence-electron chi connectivity index (χ3n) is 5.34. The van der Waals surface area contributed by atoms with Crippen LogP contribution in [-0.2, 0) is 16.2 Å². The average Bonchev–Trinajstić information content (AvgIpc) is 2.84. The number of benzene rings is 3. The summed E-state index contributed by atoms with van der Waals surface area (Å²) >= 11 is 18.3. The van der Waals surface area contributed by atoms with Crippen molar-refractivity contribution in [2.75, 3.05) is 12.4 Å². The Labute approximate surface area is 230 Å². The predicted molar refractivity (Wildman–Crippen MR) is 148 cm³/mol. The molecule has 1 unspecified atom stereocenters. The minimum absolute atomic E-state index is 0.186. The maximum Gasteiger partial charge on any atom is 0.252 e. The molecule has 2 N–H and O–H groups in total. The van der Waals surface area contributed by atoms with Crippen molar-refractivity contribution in [1.29, 1.82) is 0 Å². The Morgan fingerprint density at radius 1 is 0.946 bits per heavy atom. The molecule has 0 saturated carbocycles. The summed E-state index contributed by atoms with van der Waals surface area (Å²) in [6.07, 6.45) is 1.40. The molecule has 10 heteroatoms. The van der Waals surface area contributed by atoms with Crippen LogP contribution in [0.15, 0.2) is 65.8 Å². The molecule has 0 bridgehead atoms. The maximum absolute atomic E-state index is 12.8. The molecule has 0 aromatic heterocycles. The summed E-state index contributed by atoms with van der Waals surface area (Å²) in [6.45, 7) is 3.75. The van der Waals surface area contributed by atoms with E-state index >= 15 is 0 Å². The molecule has 3 aromatic rings. The molecule has 0 radical (unpaired) electrons. The lowest BCUT2D eigenvalue weighted by atomic mass is 9.94. The second-order valence-corrected chi connectivity index (χ2v) is 9.66. The first-order chi connectivity index (χ1) is 17.7. The van der Waals surface area contributed by atoms with Crippen LogP contribution in [0.1, 0.15) is 25.0 Å². The van der Waals surface area contributed by atoms with E-state index in [1.807, 2.05) is 0 Å². The van der Waals surface area contributed by atoms with Crippen molar-refractivity contribution < 1.29 is 19.1 Å². The van der Waals surface area contributed by atoms with Crippen molar-refractivity contribution in [3.8, 4) is 11.5 Å². The molecule has 3 aromatic carbocycles. The number of rotatable bonds is 10. The van der Waals surface area contributed by atoms with E-state index in [-0.39, 0.29) is 12.5 Å². The van der Waals surface area contributed by atoms with Crippen molar-refractivity contribution in [1.82, 2.24) is 5.43 Å². The Bertz CT molecular complexity index is 1280. The van der Waals surface area contributed by atoms with Gasteiger partial charge in [-0.1, -0.05) is 54.7 Å². The molecule has 0 fully saturated rings. The second kappa shape index (κ2) is 13.3. The van der Waals surface area contributed by atoms with E-state index in [0.717, 1.165) is 5.56 Å². The molecule has 0 spiro atoms. The van der Waals surface area contributed by atoms with Crippen LogP contribution < -0.4 is 20.2 Å². The number of carbonyl (C=O) groups is 2. The van der Waals surface area contributed by atoms with Crippen molar-refractivity contribution >= 4 is 58.5 Å². The van der Waals surface area contributed by atoms with Gasteiger partial charge in [0.1, 0.15) is 24.0 Å². The highest BCUT2D eigenvalue weighted by atomic mass is 35.5. The standard InChI is InChI=1S/C27H26Cl3N3O4/c1-16(2)25(26(34)32-21-7-9-22(36-3)10-8-21)27(35)33-31-14-18-12-19(28)6-11-24(18)37-15-17-4-5-20(29)13-23(17)30/h4-14,16,25H,15H2,1-3H3,(H,32,34)(H,33,35). The number of halogens is 3. The summed E-state index contributed by atoms with van der Waals surface area (Å²) in [5.74, 6) is -1.10. The van der Waals surface area contributed by atoms with E-state index in [4.69, 9.17) is 44.3 Å². The molecule has 0 aliphatic carbocycles. The van der Waals surface area contributed by atoms with Gasteiger partial charge in [-0.3, -0.25) is 9.59 Å². The summed E-state index contributed by atoms with van der Waals surface area (Å²) in [5.41, 5.74) is 4.28. The fraction of sp³-hybridized carbons (Fsp3) is 0.222. The Morgan fingerprint density at radius 2 is 1.62 bits per heavy atom. The summed E-state index contributed by atoms with van der Waals surface area (Å²) in [7, 11) is 1.56. The van der Waals surface area contributed by atoms with Gasteiger partial charge in [0.15, 0.2) is 0 Å². The zero-order chi connectivity index (χ0) is 26.9. The van der Waals surface area contributed by atoms with E-state index in [2.05, 4.69) is 15.8 Å². The normalized spacial score (nSPS) is 11.9. The minimum Gasteiger partial charge on any atom is -0.497 e. The van der Waals surface area contributed by atoms with E-state index in [1.54, 1.807) is 81.6 Å². The van der Waals surface area contributed by atoms with Gasteiger partial charge in [0, 0.05) is 31.9 Å². The van der Waals surface area contributed by atoms with Crippen LogP contribution in [0.3, 0.4) is 0 Å². The van der Waals surface area contributed by atoms with Crippen LogP contribution in [0.2, 0.25) is 15.1 Å². The molecule has 0 saturated heterocycles. The quantitative estimate of drug-likeness (QED) is 0.166. The zero-order valence-electron chi connectivity index (χ0n) is 20.4. The number of hydrogen-bond acceptors (Lipinski definition) is 5. The highest BCUT2D eigenvalue weighted by molar-refractivity contribution is 6.35. The lowest BCUT2D eigenvalue weighted by molar-refractivity contribution is -0.134. The molecular formula is C27H26Cl3N3O4. The topological polar surface area (TPSA) is 89.0 Å². The summed E-state index contributed by atoms with van der Waals surface area (Å²) in [4.78, 5) is 25.7. The van der Waals surface area contributed by atoms with Gasteiger partial charge in [-0.15, -0.1) is 0 Å². The second-order valence-electron chi connectivity index (χ2n) is 8.38. The number of hydrogen-bond donors (Lipinski definition) is 2. The largest absolute Gasteiger partial charge is 0.497 e. The Balaban J connectivity index is 1.67. The van der Waals surface area contributed by atoms with Gasteiger partial charge in [-0.2, -0.15) is 5.10 Å². The van der Waals surface area contributed by atoms with Gasteiger partial charge in [-0.25, -0.2) is 5.43 Å². The van der Waals surface area contributed by atoms with Crippen LogP contribution in [0, 0.1) is 11.8 Å². The van der Waals surface area contributed by atoms with Gasteiger partial charge >= 0.3 is 0 Å². The summed E-state index contributed by atoms with van der Waals surface area (Å²) in [6, 6.07) is 17.0. The van der Waals surface area contributed by atoms with E-state index in [0.29, 0.717) is 37.8 Å². The lowest BCUT2D eigenvalue weighted by Gasteiger charge is -2.18. The fourth-order valence-electron chi connectivity index (χ4n) is 3.40. The first-order valence-electron chi connectivity index (χ1n) is 11.3. The number of nitrogens with one attached hydrogen (secondary N) is 2. The number of hydrazone groups is 1. The van der Waals surface area contributed by atoms with Gasteiger partial charge in [-0.05, 0) is 60.5 Å². The first-order valence-corrected chi connectivity index (χ1v) is 12.5. The minimum atomic E-state index is -0.971. The SMILES string of the molecule is COc1ccc(NC(=O)C(C(=O)NN=Cc2cc(Cl)ccc2OCc2ccc(Cl)cc2Cl)C(C)C)cc1. The molecule has 7 nitrogen and oxygen atoms in total. The average molecular weight is 563 g/mol. The van der Waals surface area contributed by atoms with E-state index in [1.165, 1.54) is 6.21 Å². The molecule has 0 aliphatic rings. The van der Waals surface area contributed by atoms with Crippen LogP contribution in [0.4, 0.5) is 5.69 Å².